The third-order valence-electron chi connectivity index (χ3n) is 3.29. The van der Waals surface area contributed by atoms with Crippen LogP contribution < -0.4 is 10.4 Å². The van der Waals surface area contributed by atoms with Crippen LogP contribution in [0.1, 0.15) is 0 Å². The second-order valence-corrected chi connectivity index (χ2v) is 5.08. The Hall–Kier alpha value is -3.10. The summed E-state index contributed by atoms with van der Waals surface area (Å²) in [6, 6.07) is 6.20. The van der Waals surface area contributed by atoms with E-state index in [1.165, 1.54) is 35.3 Å². The van der Waals surface area contributed by atoms with Crippen LogP contribution in [0.3, 0.4) is 0 Å². The molecule has 0 saturated carbocycles. The van der Waals surface area contributed by atoms with Crippen LogP contribution >= 0.6 is 0 Å². The van der Waals surface area contributed by atoms with Crippen molar-refractivity contribution in [3.8, 4) is 22.7 Å². The lowest BCUT2D eigenvalue weighted by molar-refractivity contribution is -0.153. The smallest absolute Gasteiger partial charge is 0.422 e. The van der Waals surface area contributed by atoms with E-state index >= 15 is 0 Å². The number of aromatic nitrogens is 3. The molecule has 0 radical (unpaired) electrons. The van der Waals surface area contributed by atoms with Crippen molar-refractivity contribution in [3.05, 3.63) is 65.2 Å². The van der Waals surface area contributed by atoms with Gasteiger partial charge in [0, 0.05) is 29.7 Å². The molecule has 0 aliphatic heterocycles. The van der Waals surface area contributed by atoms with E-state index in [1.807, 2.05) is 0 Å². The summed E-state index contributed by atoms with van der Waals surface area (Å²) in [6.45, 7) is -1.49. The van der Waals surface area contributed by atoms with Gasteiger partial charge in [-0.05, 0) is 30.3 Å². The van der Waals surface area contributed by atoms with Crippen LogP contribution in [-0.4, -0.2) is 27.3 Å². The number of hydrogen-bond acceptors (Lipinski definition) is 3. The molecule has 130 valence electrons. The van der Waals surface area contributed by atoms with Crippen LogP contribution in [0.25, 0.3) is 16.9 Å². The van der Waals surface area contributed by atoms with Crippen molar-refractivity contribution in [2.24, 2.45) is 0 Å². The Bertz CT molecular complexity index is 930. The van der Waals surface area contributed by atoms with Gasteiger partial charge in [-0.1, -0.05) is 0 Å². The number of aromatic amines is 1. The zero-order valence-electron chi connectivity index (χ0n) is 12.5. The highest BCUT2D eigenvalue weighted by molar-refractivity contribution is 5.70. The second kappa shape index (κ2) is 6.42. The molecule has 0 aliphatic rings. The van der Waals surface area contributed by atoms with Gasteiger partial charge in [-0.25, -0.2) is 14.2 Å². The van der Waals surface area contributed by atoms with Gasteiger partial charge in [-0.3, -0.25) is 4.57 Å². The molecule has 5 nitrogen and oxygen atoms in total. The van der Waals surface area contributed by atoms with Gasteiger partial charge in [0.2, 0.25) is 0 Å². The average Bonchev–Trinajstić information content (AvgIpc) is 2.99. The number of rotatable bonds is 4. The summed E-state index contributed by atoms with van der Waals surface area (Å²) in [5.74, 6) is -0.434. The third-order valence-corrected chi connectivity index (χ3v) is 3.29. The maximum absolute atomic E-state index is 13.5. The van der Waals surface area contributed by atoms with Crippen LogP contribution in [0.4, 0.5) is 17.6 Å². The van der Waals surface area contributed by atoms with Crippen LogP contribution in [-0.2, 0) is 0 Å². The lowest BCUT2D eigenvalue weighted by Gasteiger charge is -2.13. The molecule has 0 spiro atoms. The van der Waals surface area contributed by atoms with Gasteiger partial charge >= 0.3 is 11.9 Å². The summed E-state index contributed by atoms with van der Waals surface area (Å²) in [4.78, 5) is 18.1. The Morgan fingerprint density at radius 1 is 1.20 bits per heavy atom. The Balaban J connectivity index is 1.94. The molecule has 2 heterocycles. The van der Waals surface area contributed by atoms with E-state index in [-0.39, 0.29) is 17.0 Å². The fraction of sp³-hybridized carbons (Fsp3) is 0.125. The number of nitrogens with zero attached hydrogens (tertiary/aromatic N) is 2. The second-order valence-electron chi connectivity index (χ2n) is 5.08. The van der Waals surface area contributed by atoms with Gasteiger partial charge in [0.05, 0.1) is 0 Å². The Labute approximate surface area is 138 Å². The fourth-order valence-electron chi connectivity index (χ4n) is 2.20. The minimum atomic E-state index is -4.51. The number of nitrogens with one attached hydrogen (secondary N) is 1. The Morgan fingerprint density at radius 3 is 2.60 bits per heavy atom. The quantitative estimate of drug-likeness (QED) is 0.732. The standard InChI is InChI=1S/C16H11F4N3O2/c17-11-2-3-13(25-9-16(18,19)20)12(7-11)10-1-4-14(22-8-10)23-6-5-21-15(23)24/h1-8H,9H2,(H,21,24). The molecule has 9 heteroatoms. The van der Waals surface area contributed by atoms with Crippen molar-refractivity contribution < 1.29 is 22.3 Å². The number of hydrogen-bond donors (Lipinski definition) is 1. The highest BCUT2D eigenvalue weighted by Gasteiger charge is 2.29. The van der Waals surface area contributed by atoms with E-state index in [9.17, 15) is 22.4 Å². The minimum Gasteiger partial charge on any atom is -0.483 e. The highest BCUT2D eigenvalue weighted by Crippen LogP contribution is 2.32. The van der Waals surface area contributed by atoms with E-state index in [0.717, 1.165) is 18.2 Å². The SMILES string of the molecule is O=c1[nH]ccn1-c1ccc(-c2cc(F)ccc2OCC(F)(F)F)cn1. The van der Waals surface area contributed by atoms with Crippen molar-refractivity contribution in [3.63, 3.8) is 0 Å². The number of H-pyrrole nitrogens is 1. The van der Waals surface area contributed by atoms with Crippen LogP contribution in [0.5, 0.6) is 5.75 Å². The predicted molar refractivity (Wildman–Crippen MR) is 81.1 cm³/mol. The van der Waals surface area contributed by atoms with E-state index in [2.05, 4.69) is 9.97 Å². The predicted octanol–water partition coefficient (Wildman–Crippen LogP) is 3.31. The van der Waals surface area contributed by atoms with Crippen molar-refractivity contribution in [2.45, 2.75) is 6.18 Å². The van der Waals surface area contributed by atoms with Gasteiger partial charge in [0.25, 0.3) is 0 Å². The number of ether oxygens (including phenoxy) is 1. The fourth-order valence-corrected chi connectivity index (χ4v) is 2.20. The normalized spacial score (nSPS) is 11.5. The topological polar surface area (TPSA) is 59.9 Å². The summed E-state index contributed by atoms with van der Waals surface area (Å²) >= 11 is 0. The van der Waals surface area contributed by atoms with Crippen molar-refractivity contribution in [2.75, 3.05) is 6.61 Å². The molecule has 3 rings (SSSR count). The summed E-state index contributed by atoms with van der Waals surface area (Å²) in [5.41, 5.74) is 0.0916. The first-order chi connectivity index (χ1) is 11.8. The lowest BCUT2D eigenvalue weighted by atomic mass is 10.1. The van der Waals surface area contributed by atoms with E-state index in [4.69, 9.17) is 4.74 Å². The summed E-state index contributed by atoms with van der Waals surface area (Å²) in [6.07, 6.45) is -0.273. The highest BCUT2D eigenvalue weighted by atomic mass is 19.4. The monoisotopic (exact) mass is 353 g/mol. The number of alkyl halides is 3. The number of imidazole rings is 1. The first-order valence-corrected chi connectivity index (χ1v) is 7.05. The molecule has 2 aromatic heterocycles. The molecule has 1 N–H and O–H groups in total. The average molecular weight is 353 g/mol. The van der Waals surface area contributed by atoms with E-state index < -0.39 is 18.6 Å². The maximum atomic E-state index is 13.5. The van der Waals surface area contributed by atoms with Gasteiger partial charge < -0.3 is 9.72 Å². The number of pyridine rings is 1. The molecular weight excluding hydrogens is 342 g/mol. The third kappa shape index (κ3) is 3.87. The van der Waals surface area contributed by atoms with Gasteiger partial charge in [0.15, 0.2) is 6.61 Å². The van der Waals surface area contributed by atoms with Crippen molar-refractivity contribution in [1.29, 1.82) is 0 Å². The molecule has 0 amide bonds. The maximum Gasteiger partial charge on any atom is 0.422 e. The summed E-state index contributed by atoms with van der Waals surface area (Å²) in [5, 5.41) is 0. The molecule has 0 bridgehead atoms. The molecule has 1 aromatic carbocycles. The Morgan fingerprint density at radius 2 is 2.00 bits per heavy atom. The van der Waals surface area contributed by atoms with Crippen LogP contribution in [0.2, 0.25) is 0 Å². The molecule has 0 aliphatic carbocycles. The first kappa shape index (κ1) is 16.7. The van der Waals surface area contributed by atoms with Crippen LogP contribution in [0, 0.1) is 5.82 Å². The number of benzene rings is 1. The van der Waals surface area contributed by atoms with Crippen molar-refractivity contribution >= 4 is 0 Å². The summed E-state index contributed by atoms with van der Waals surface area (Å²) in [7, 11) is 0. The van der Waals surface area contributed by atoms with Gasteiger partial charge in [0.1, 0.15) is 17.4 Å². The molecular formula is C16H11F4N3O2. The largest absolute Gasteiger partial charge is 0.483 e. The molecule has 3 aromatic rings. The van der Waals surface area contributed by atoms with Crippen molar-refractivity contribution in [1.82, 2.24) is 14.5 Å². The van der Waals surface area contributed by atoms with Crippen LogP contribution in [0.15, 0.2) is 53.7 Å². The zero-order chi connectivity index (χ0) is 18.0. The summed E-state index contributed by atoms with van der Waals surface area (Å²) < 4.78 is 56.6. The van der Waals surface area contributed by atoms with E-state index in [1.54, 1.807) is 0 Å². The zero-order valence-corrected chi connectivity index (χ0v) is 12.5. The molecule has 0 unspecified atom stereocenters. The number of halogens is 4. The molecule has 25 heavy (non-hydrogen) atoms. The van der Waals surface area contributed by atoms with Gasteiger partial charge in [-0.15, -0.1) is 0 Å². The molecule has 0 atom stereocenters. The van der Waals surface area contributed by atoms with Gasteiger partial charge in [-0.2, -0.15) is 13.2 Å². The Kier molecular flexibility index (Phi) is 4.30. The first-order valence-electron chi connectivity index (χ1n) is 7.05. The molecule has 0 fully saturated rings. The minimum absolute atomic E-state index is 0.118. The molecule has 0 saturated heterocycles. The lowest BCUT2D eigenvalue weighted by Crippen LogP contribution is -2.19. The van der Waals surface area contributed by atoms with E-state index in [0.29, 0.717) is 11.4 Å².